The van der Waals surface area contributed by atoms with Gasteiger partial charge < -0.3 is 4.74 Å². The van der Waals surface area contributed by atoms with Crippen LogP contribution < -0.4 is 10.1 Å². The van der Waals surface area contributed by atoms with Gasteiger partial charge in [-0.3, -0.25) is 19.8 Å². The molecule has 6 heteroatoms. The molecule has 1 heterocycles. The fourth-order valence-corrected chi connectivity index (χ4v) is 2.81. The summed E-state index contributed by atoms with van der Waals surface area (Å²) in [6, 6.07) is 17.0. The molecule has 2 aromatic rings. The average Bonchev–Trinajstić information content (AvgIpc) is 2.68. The van der Waals surface area contributed by atoms with E-state index >= 15 is 0 Å². The molecular weight excluding hydrogens is 360 g/mol. The van der Waals surface area contributed by atoms with Gasteiger partial charge in [0.2, 0.25) is 0 Å². The fourth-order valence-electron chi connectivity index (χ4n) is 2.56. The molecule has 136 valence electrons. The van der Waals surface area contributed by atoms with Crippen LogP contribution >= 0.6 is 12.2 Å². The predicted octanol–water partition coefficient (Wildman–Crippen LogP) is 3.08. The second-order valence-corrected chi connectivity index (χ2v) is 6.25. The Hall–Kier alpha value is -3.25. The van der Waals surface area contributed by atoms with Gasteiger partial charge in [-0.1, -0.05) is 48.5 Å². The highest BCUT2D eigenvalue weighted by Gasteiger charge is 2.32. The monoisotopic (exact) mass is 378 g/mol. The maximum atomic E-state index is 12.5. The topological polar surface area (TPSA) is 58.6 Å². The zero-order valence-electron chi connectivity index (χ0n) is 14.6. The molecule has 2 amide bonds. The lowest BCUT2D eigenvalue weighted by atomic mass is 10.1. The van der Waals surface area contributed by atoms with Crippen LogP contribution in [0.15, 0.2) is 72.8 Å². The minimum absolute atomic E-state index is 0.0309. The van der Waals surface area contributed by atoms with E-state index in [0.29, 0.717) is 17.9 Å². The number of amides is 2. The molecule has 1 fully saturated rings. The van der Waals surface area contributed by atoms with Crippen molar-refractivity contribution in [3.63, 3.8) is 0 Å². The first kappa shape index (κ1) is 18.5. The van der Waals surface area contributed by atoms with Crippen molar-refractivity contribution in [3.05, 3.63) is 84.0 Å². The number of benzene rings is 2. The predicted molar refractivity (Wildman–Crippen MR) is 108 cm³/mol. The van der Waals surface area contributed by atoms with Crippen LogP contribution in [0.25, 0.3) is 6.08 Å². The first-order valence-electron chi connectivity index (χ1n) is 8.35. The number of nitrogens with one attached hydrogen (secondary N) is 1. The molecule has 0 saturated carbocycles. The highest BCUT2D eigenvalue weighted by atomic mass is 32.1. The summed E-state index contributed by atoms with van der Waals surface area (Å²) in [5, 5.41) is 2.61. The van der Waals surface area contributed by atoms with Gasteiger partial charge in [0.05, 0.1) is 0 Å². The Morgan fingerprint density at radius 1 is 1.07 bits per heavy atom. The maximum Gasteiger partial charge on any atom is 0.265 e. The minimum Gasteiger partial charge on any atom is -0.489 e. The summed E-state index contributed by atoms with van der Waals surface area (Å²) in [6.45, 7) is 4.31. The molecule has 0 atom stereocenters. The summed E-state index contributed by atoms with van der Waals surface area (Å²) in [6.07, 6.45) is 3.09. The van der Waals surface area contributed by atoms with E-state index < -0.39 is 11.8 Å². The van der Waals surface area contributed by atoms with E-state index in [0.717, 1.165) is 5.56 Å². The van der Waals surface area contributed by atoms with Crippen molar-refractivity contribution in [2.24, 2.45) is 0 Å². The number of nitrogens with zero attached hydrogens (tertiary/aromatic N) is 1. The van der Waals surface area contributed by atoms with Crippen molar-refractivity contribution < 1.29 is 14.3 Å². The largest absolute Gasteiger partial charge is 0.489 e. The lowest BCUT2D eigenvalue weighted by molar-refractivity contribution is -0.128. The second kappa shape index (κ2) is 8.42. The number of carbonyl (C=O) groups is 2. The number of carbonyl (C=O) groups excluding carboxylic acids is 2. The summed E-state index contributed by atoms with van der Waals surface area (Å²) < 4.78 is 5.74. The van der Waals surface area contributed by atoms with Gasteiger partial charge in [0, 0.05) is 6.54 Å². The van der Waals surface area contributed by atoms with Gasteiger partial charge in [-0.2, -0.15) is 0 Å². The van der Waals surface area contributed by atoms with Crippen LogP contribution in [-0.4, -0.2) is 28.4 Å². The van der Waals surface area contributed by atoms with Crippen molar-refractivity contribution in [1.29, 1.82) is 0 Å². The SMILES string of the molecule is C=CCN1C(=O)/C(=C\c2ccc(OCc3ccccc3)cc2)C(=O)NC1=S. The van der Waals surface area contributed by atoms with Crippen molar-refractivity contribution >= 4 is 35.2 Å². The molecule has 1 N–H and O–H groups in total. The minimum atomic E-state index is -0.505. The molecule has 1 saturated heterocycles. The molecule has 0 radical (unpaired) electrons. The summed E-state index contributed by atoms with van der Waals surface area (Å²) in [7, 11) is 0. The lowest BCUT2D eigenvalue weighted by Crippen LogP contribution is -2.53. The van der Waals surface area contributed by atoms with Gasteiger partial charge >= 0.3 is 0 Å². The quantitative estimate of drug-likeness (QED) is 0.363. The van der Waals surface area contributed by atoms with Crippen LogP contribution in [0, 0.1) is 0 Å². The Morgan fingerprint density at radius 2 is 1.78 bits per heavy atom. The molecule has 1 aliphatic rings. The van der Waals surface area contributed by atoms with E-state index in [1.165, 1.54) is 11.0 Å². The molecule has 0 aromatic heterocycles. The van der Waals surface area contributed by atoms with Gasteiger partial charge in [-0.25, -0.2) is 0 Å². The molecule has 2 aromatic carbocycles. The molecule has 0 bridgehead atoms. The molecule has 5 nitrogen and oxygen atoms in total. The number of thiocarbonyl (C=S) groups is 1. The van der Waals surface area contributed by atoms with Gasteiger partial charge in [0.1, 0.15) is 17.9 Å². The zero-order valence-corrected chi connectivity index (χ0v) is 15.4. The van der Waals surface area contributed by atoms with Crippen LogP contribution in [0.3, 0.4) is 0 Å². The van der Waals surface area contributed by atoms with E-state index in [1.54, 1.807) is 30.3 Å². The van der Waals surface area contributed by atoms with Crippen LogP contribution in [0.1, 0.15) is 11.1 Å². The van der Waals surface area contributed by atoms with Crippen molar-refractivity contribution in [1.82, 2.24) is 10.2 Å². The highest BCUT2D eigenvalue weighted by Crippen LogP contribution is 2.18. The lowest BCUT2D eigenvalue weighted by Gasteiger charge is -2.27. The third kappa shape index (κ3) is 4.48. The Morgan fingerprint density at radius 3 is 2.44 bits per heavy atom. The van der Waals surface area contributed by atoms with Gasteiger partial charge in [0.15, 0.2) is 5.11 Å². The first-order valence-corrected chi connectivity index (χ1v) is 8.76. The number of ether oxygens (including phenoxy) is 1. The molecule has 3 rings (SSSR count). The molecule has 0 unspecified atom stereocenters. The molecule has 1 aliphatic heterocycles. The van der Waals surface area contributed by atoms with Crippen molar-refractivity contribution in [2.75, 3.05) is 6.54 Å². The smallest absolute Gasteiger partial charge is 0.265 e. The van der Waals surface area contributed by atoms with Crippen LogP contribution in [-0.2, 0) is 16.2 Å². The standard InChI is InChI=1S/C21H18N2O3S/c1-2-12-23-20(25)18(19(24)22-21(23)27)13-15-8-10-17(11-9-15)26-14-16-6-4-3-5-7-16/h2-11,13H,1,12,14H2,(H,22,24,27)/b18-13-. The van der Waals surface area contributed by atoms with Crippen LogP contribution in [0.4, 0.5) is 0 Å². The summed E-state index contributed by atoms with van der Waals surface area (Å²) in [5.74, 6) is -0.238. The van der Waals surface area contributed by atoms with E-state index in [2.05, 4.69) is 11.9 Å². The van der Waals surface area contributed by atoms with Gasteiger partial charge in [-0.15, -0.1) is 6.58 Å². The van der Waals surface area contributed by atoms with Crippen molar-refractivity contribution in [3.8, 4) is 5.75 Å². The summed E-state index contributed by atoms with van der Waals surface area (Å²) in [4.78, 5) is 25.9. The third-order valence-corrected chi connectivity index (χ3v) is 4.26. The van der Waals surface area contributed by atoms with Crippen LogP contribution in [0.2, 0.25) is 0 Å². The number of hydrogen-bond donors (Lipinski definition) is 1. The van der Waals surface area contributed by atoms with Crippen LogP contribution in [0.5, 0.6) is 5.75 Å². The Labute approximate surface area is 162 Å². The average molecular weight is 378 g/mol. The normalized spacial score (nSPS) is 15.6. The Bertz CT molecular complexity index is 905. The fraction of sp³-hybridized carbons (Fsp3) is 0.0952. The zero-order chi connectivity index (χ0) is 19.2. The molecule has 27 heavy (non-hydrogen) atoms. The molecular formula is C21H18N2O3S. The molecule has 0 spiro atoms. The van der Waals surface area contributed by atoms with E-state index in [1.807, 2.05) is 30.3 Å². The highest BCUT2D eigenvalue weighted by molar-refractivity contribution is 7.80. The third-order valence-electron chi connectivity index (χ3n) is 3.94. The van der Waals surface area contributed by atoms with Gasteiger partial charge in [0.25, 0.3) is 11.8 Å². The Kier molecular flexibility index (Phi) is 5.78. The van der Waals surface area contributed by atoms with E-state index in [9.17, 15) is 9.59 Å². The number of rotatable bonds is 6. The second-order valence-electron chi connectivity index (χ2n) is 5.87. The van der Waals surface area contributed by atoms with E-state index in [4.69, 9.17) is 17.0 Å². The van der Waals surface area contributed by atoms with Crippen molar-refractivity contribution in [2.45, 2.75) is 6.61 Å². The van der Waals surface area contributed by atoms with Gasteiger partial charge in [-0.05, 0) is 41.6 Å². The Balaban J connectivity index is 1.72. The summed E-state index contributed by atoms with van der Waals surface area (Å²) >= 11 is 5.03. The summed E-state index contributed by atoms with van der Waals surface area (Å²) in [5.41, 5.74) is 1.82. The number of hydrogen-bond acceptors (Lipinski definition) is 4. The molecule has 0 aliphatic carbocycles. The first-order chi connectivity index (χ1) is 13.1. The van der Waals surface area contributed by atoms with E-state index in [-0.39, 0.29) is 17.2 Å². The maximum absolute atomic E-state index is 12.5.